The number of aryl methyl sites for hydroxylation is 2. The van der Waals surface area contributed by atoms with Crippen molar-refractivity contribution in [1.82, 2.24) is 24.3 Å². The first kappa shape index (κ1) is 18.1. The molecule has 0 aliphatic heterocycles. The second kappa shape index (κ2) is 7.11. The lowest BCUT2D eigenvalue weighted by molar-refractivity contribution is 0.484. The Labute approximate surface area is 172 Å². The van der Waals surface area contributed by atoms with Gasteiger partial charge in [-0.25, -0.2) is 14.6 Å². The molecule has 5 rings (SSSR count). The van der Waals surface area contributed by atoms with Gasteiger partial charge in [-0.15, -0.1) is 0 Å². The minimum absolute atomic E-state index is 0.185. The third kappa shape index (κ3) is 3.20. The maximum Gasteiger partial charge on any atom is 0.264 e. The lowest BCUT2D eigenvalue weighted by Crippen LogP contribution is -2.21. The third-order valence-corrected chi connectivity index (χ3v) is 4.92. The third-order valence-electron chi connectivity index (χ3n) is 4.92. The van der Waals surface area contributed by atoms with Crippen molar-refractivity contribution in [2.45, 2.75) is 20.4 Å². The molecule has 3 heterocycles. The number of oxazole rings is 1. The summed E-state index contributed by atoms with van der Waals surface area (Å²) in [6, 6.07) is 15.8. The van der Waals surface area contributed by atoms with E-state index in [1.807, 2.05) is 56.3 Å². The quantitative estimate of drug-likeness (QED) is 0.460. The Morgan fingerprint density at radius 2 is 1.73 bits per heavy atom. The first-order valence-electron chi connectivity index (χ1n) is 9.60. The highest BCUT2D eigenvalue weighted by atomic mass is 16.4. The predicted molar refractivity (Wildman–Crippen MR) is 114 cm³/mol. The van der Waals surface area contributed by atoms with E-state index >= 15 is 0 Å². The Morgan fingerprint density at radius 1 is 0.967 bits per heavy atom. The van der Waals surface area contributed by atoms with Crippen LogP contribution in [0.1, 0.15) is 17.0 Å². The summed E-state index contributed by atoms with van der Waals surface area (Å²) in [5.41, 5.74) is 4.41. The molecule has 3 aromatic heterocycles. The van der Waals surface area contributed by atoms with Gasteiger partial charge in [-0.2, -0.15) is 5.10 Å². The predicted octanol–water partition coefficient (Wildman–Crippen LogP) is 3.90. The Bertz CT molecular complexity index is 1390. The Morgan fingerprint density at radius 3 is 2.50 bits per heavy atom. The Kier molecular flexibility index (Phi) is 4.28. The molecule has 0 amide bonds. The molecule has 0 saturated heterocycles. The van der Waals surface area contributed by atoms with Gasteiger partial charge < -0.3 is 4.42 Å². The van der Waals surface area contributed by atoms with Crippen LogP contribution in [-0.2, 0) is 6.54 Å². The summed E-state index contributed by atoms with van der Waals surface area (Å²) in [5, 5.41) is 4.85. The van der Waals surface area contributed by atoms with Gasteiger partial charge in [0, 0.05) is 5.56 Å². The maximum absolute atomic E-state index is 13.0. The molecule has 5 aromatic rings. The maximum atomic E-state index is 13.0. The average molecular weight is 397 g/mol. The summed E-state index contributed by atoms with van der Waals surface area (Å²) >= 11 is 0. The molecule has 7 nitrogen and oxygen atoms in total. The zero-order chi connectivity index (χ0) is 20.7. The average Bonchev–Trinajstić information content (AvgIpc) is 3.38. The molecule has 0 spiro atoms. The van der Waals surface area contributed by atoms with Crippen LogP contribution >= 0.6 is 0 Å². The zero-order valence-electron chi connectivity index (χ0n) is 16.6. The van der Waals surface area contributed by atoms with E-state index in [9.17, 15) is 4.79 Å². The minimum atomic E-state index is -0.185. The van der Waals surface area contributed by atoms with Gasteiger partial charge >= 0.3 is 0 Å². The molecule has 0 aliphatic carbocycles. The van der Waals surface area contributed by atoms with E-state index in [-0.39, 0.29) is 12.1 Å². The van der Waals surface area contributed by atoms with Crippen molar-refractivity contribution < 1.29 is 4.42 Å². The van der Waals surface area contributed by atoms with Gasteiger partial charge in [0.25, 0.3) is 5.56 Å². The second-order valence-corrected chi connectivity index (χ2v) is 7.30. The number of hydrogen-bond acceptors (Lipinski definition) is 5. The largest absolute Gasteiger partial charge is 0.439 e. The van der Waals surface area contributed by atoms with Gasteiger partial charge in [0.1, 0.15) is 18.3 Å². The van der Waals surface area contributed by atoms with Crippen molar-refractivity contribution in [3.63, 3.8) is 0 Å². The van der Waals surface area contributed by atoms with Crippen LogP contribution in [0.4, 0.5) is 0 Å². The summed E-state index contributed by atoms with van der Waals surface area (Å²) in [6.07, 6.45) is 4.74. The van der Waals surface area contributed by atoms with Gasteiger partial charge in [0.05, 0.1) is 18.1 Å². The highest BCUT2D eigenvalue weighted by molar-refractivity contribution is 5.75. The van der Waals surface area contributed by atoms with E-state index in [0.29, 0.717) is 22.7 Å². The van der Waals surface area contributed by atoms with Crippen molar-refractivity contribution in [1.29, 1.82) is 0 Å². The van der Waals surface area contributed by atoms with Crippen LogP contribution in [0.15, 0.2) is 76.5 Å². The van der Waals surface area contributed by atoms with Gasteiger partial charge in [-0.3, -0.25) is 9.36 Å². The van der Waals surface area contributed by atoms with Crippen molar-refractivity contribution in [3.8, 4) is 17.0 Å². The smallest absolute Gasteiger partial charge is 0.264 e. The van der Waals surface area contributed by atoms with Crippen LogP contribution < -0.4 is 5.56 Å². The summed E-state index contributed by atoms with van der Waals surface area (Å²) in [4.78, 5) is 21.8. The van der Waals surface area contributed by atoms with Gasteiger partial charge in [-0.05, 0) is 37.1 Å². The van der Waals surface area contributed by atoms with Crippen LogP contribution in [0, 0.1) is 13.8 Å². The molecule has 0 atom stereocenters. The van der Waals surface area contributed by atoms with Crippen LogP contribution in [0.3, 0.4) is 0 Å². The number of rotatable bonds is 4. The molecular formula is C23H19N5O2. The SMILES string of the molecule is Cc1cc(C)cc(-n2ncc3c(=O)n(Cc4ncc(-c5ccccc5)o4)cnc32)c1. The highest BCUT2D eigenvalue weighted by Crippen LogP contribution is 2.20. The minimum Gasteiger partial charge on any atom is -0.439 e. The number of nitrogens with zero attached hydrogens (tertiary/aromatic N) is 5. The fourth-order valence-corrected chi connectivity index (χ4v) is 3.59. The van der Waals surface area contributed by atoms with Crippen LogP contribution in [0.25, 0.3) is 28.0 Å². The summed E-state index contributed by atoms with van der Waals surface area (Å²) in [7, 11) is 0. The van der Waals surface area contributed by atoms with Crippen LogP contribution in [-0.4, -0.2) is 24.3 Å². The van der Waals surface area contributed by atoms with Crippen LogP contribution in [0.5, 0.6) is 0 Å². The lowest BCUT2D eigenvalue weighted by Gasteiger charge is -2.07. The van der Waals surface area contributed by atoms with Crippen molar-refractivity contribution >= 4 is 11.0 Å². The molecule has 7 heteroatoms. The fourth-order valence-electron chi connectivity index (χ4n) is 3.59. The second-order valence-electron chi connectivity index (χ2n) is 7.30. The number of fused-ring (bicyclic) bond motifs is 1. The van der Waals surface area contributed by atoms with Gasteiger partial charge in [0.2, 0.25) is 5.89 Å². The molecule has 30 heavy (non-hydrogen) atoms. The van der Waals surface area contributed by atoms with E-state index < -0.39 is 0 Å². The molecule has 0 N–H and O–H groups in total. The molecule has 0 bridgehead atoms. The van der Waals surface area contributed by atoms with Gasteiger partial charge in [0.15, 0.2) is 11.4 Å². The number of aromatic nitrogens is 5. The van der Waals surface area contributed by atoms with Crippen molar-refractivity contribution in [3.05, 3.63) is 94.6 Å². The molecule has 148 valence electrons. The van der Waals surface area contributed by atoms with E-state index in [0.717, 1.165) is 22.4 Å². The van der Waals surface area contributed by atoms with E-state index in [1.165, 1.54) is 10.9 Å². The Hall–Kier alpha value is -4.00. The number of hydrogen-bond donors (Lipinski definition) is 0. The van der Waals surface area contributed by atoms with E-state index in [4.69, 9.17) is 4.42 Å². The van der Waals surface area contributed by atoms with Gasteiger partial charge in [-0.1, -0.05) is 36.4 Å². The first-order valence-corrected chi connectivity index (χ1v) is 9.60. The molecule has 0 unspecified atom stereocenters. The summed E-state index contributed by atoms with van der Waals surface area (Å²) in [5.74, 6) is 1.11. The Balaban J connectivity index is 1.49. The normalized spacial score (nSPS) is 11.3. The number of benzene rings is 2. The molecule has 0 fully saturated rings. The zero-order valence-corrected chi connectivity index (χ0v) is 16.6. The summed E-state index contributed by atoms with van der Waals surface area (Å²) in [6.45, 7) is 4.26. The molecular weight excluding hydrogens is 378 g/mol. The fraction of sp³-hybridized carbons (Fsp3) is 0.130. The highest BCUT2D eigenvalue weighted by Gasteiger charge is 2.14. The first-order chi connectivity index (χ1) is 14.6. The topological polar surface area (TPSA) is 78.7 Å². The molecule has 0 saturated carbocycles. The lowest BCUT2D eigenvalue weighted by atomic mass is 10.1. The molecule has 2 aromatic carbocycles. The van der Waals surface area contributed by atoms with E-state index in [2.05, 4.69) is 21.1 Å². The van der Waals surface area contributed by atoms with E-state index in [1.54, 1.807) is 17.1 Å². The summed E-state index contributed by atoms with van der Waals surface area (Å²) < 4.78 is 9.00. The standard InChI is InChI=1S/C23H19N5O2/c1-15-8-16(2)10-18(9-15)28-22-19(11-26-28)23(29)27(14-25-22)13-21-24-12-20(30-21)17-6-4-3-5-7-17/h3-12,14H,13H2,1-2H3. The monoisotopic (exact) mass is 397 g/mol. The molecule has 0 aliphatic rings. The van der Waals surface area contributed by atoms with Crippen LogP contribution in [0.2, 0.25) is 0 Å². The molecule has 0 radical (unpaired) electrons. The van der Waals surface area contributed by atoms with Crippen molar-refractivity contribution in [2.24, 2.45) is 0 Å². The van der Waals surface area contributed by atoms with Crippen molar-refractivity contribution in [2.75, 3.05) is 0 Å².